The van der Waals surface area contributed by atoms with Crippen LogP contribution in [-0.4, -0.2) is 175 Å². The second-order valence-electron chi connectivity index (χ2n) is 23.3. The molecule has 1 spiro atoms. The van der Waals surface area contributed by atoms with Gasteiger partial charge >= 0.3 is 5.97 Å². The summed E-state index contributed by atoms with van der Waals surface area (Å²) < 4.78 is 32.8. The lowest BCUT2D eigenvalue weighted by molar-refractivity contribution is -0.157. The number of hydrogen-bond acceptors (Lipinski definition) is 15. The van der Waals surface area contributed by atoms with Crippen LogP contribution in [0.1, 0.15) is 133 Å². The number of benzene rings is 1. The molecule has 494 valence electrons. The van der Waals surface area contributed by atoms with Crippen LogP contribution in [0.15, 0.2) is 35.3 Å². The van der Waals surface area contributed by atoms with Crippen molar-refractivity contribution in [1.29, 1.82) is 0 Å². The molecule has 2 unspecified atom stereocenters. The van der Waals surface area contributed by atoms with Gasteiger partial charge in [0.15, 0.2) is 5.96 Å². The van der Waals surface area contributed by atoms with Crippen molar-refractivity contribution in [3.8, 4) is 0 Å². The number of aliphatic imine (C=N–C) groups is 1. The van der Waals surface area contributed by atoms with E-state index in [9.17, 15) is 66.6 Å². The minimum absolute atomic E-state index is 0.0486. The fourth-order valence-electron chi connectivity index (χ4n) is 9.89. The van der Waals surface area contributed by atoms with E-state index >= 15 is 0 Å². The molecular formula is C59H96F2N14O13. The normalized spacial score (nSPS) is 23.3. The van der Waals surface area contributed by atoms with Crippen LogP contribution in [0.4, 0.5) is 8.78 Å². The van der Waals surface area contributed by atoms with Crippen LogP contribution in [-0.2, 0) is 63.9 Å². The van der Waals surface area contributed by atoms with Gasteiger partial charge in [-0.25, -0.2) is 13.6 Å². The summed E-state index contributed by atoms with van der Waals surface area (Å²) in [7, 11) is 1.63. The number of alkyl halides is 2. The Morgan fingerprint density at radius 3 is 1.76 bits per heavy atom. The molecule has 2 fully saturated rings. The molecule has 1 aromatic carbocycles. The van der Waals surface area contributed by atoms with E-state index < -0.39 is 180 Å². The van der Waals surface area contributed by atoms with E-state index in [1.54, 1.807) is 55.5 Å². The molecule has 0 radical (unpaired) electrons. The molecule has 27 nitrogen and oxygen atoms in total. The first-order chi connectivity index (χ1) is 41.4. The van der Waals surface area contributed by atoms with Crippen LogP contribution >= 0.6 is 0 Å². The van der Waals surface area contributed by atoms with Gasteiger partial charge in [0.1, 0.15) is 60.0 Å². The second kappa shape index (κ2) is 35.4. The number of nitrogens with one attached hydrogen (secondary N) is 11. The van der Waals surface area contributed by atoms with E-state index in [4.69, 9.17) is 16.2 Å². The number of nitrogens with two attached hydrogens (primary N) is 2. The third-order valence-electron chi connectivity index (χ3n) is 16.6. The number of cyclic esters (lactones) is 1. The fourth-order valence-corrected chi connectivity index (χ4v) is 9.89. The first-order valence-corrected chi connectivity index (χ1v) is 30.4. The highest BCUT2D eigenvalue weighted by Gasteiger charge is 2.62. The number of rotatable bonds is 32. The molecule has 1 aliphatic heterocycles. The van der Waals surface area contributed by atoms with Gasteiger partial charge < -0.3 is 79.8 Å². The summed E-state index contributed by atoms with van der Waals surface area (Å²) in [5.41, 5.74) is 10.1. The highest BCUT2D eigenvalue weighted by molar-refractivity contribution is 6.01. The lowest BCUT2D eigenvalue weighted by Crippen LogP contribution is -2.64. The molecule has 29 heteroatoms. The van der Waals surface area contributed by atoms with Gasteiger partial charge in [-0.1, -0.05) is 111 Å². The summed E-state index contributed by atoms with van der Waals surface area (Å²) in [6.45, 7) is 16.7. The van der Waals surface area contributed by atoms with Crippen LogP contribution in [0.5, 0.6) is 0 Å². The van der Waals surface area contributed by atoms with E-state index in [0.717, 1.165) is 12.5 Å². The zero-order valence-corrected chi connectivity index (χ0v) is 52.7. The lowest BCUT2D eigenvalue weighted by Gasteiger charge is -2.32. The van der Waals surface area contributed by atoms with Crippen molar-refractivity contribution in [2.75, 3.05) is 20.1 Å². The summed E-state index contributed by atoms with van der Waals surface area (Å²) in [6.07, 6.45) is -5.15. The number of halogens is 2. The number of aliphatic hydroxyl groups excluding tert-OH is 1. The molecule has 0 aromatic heterocycles. The van der Waals surface area contributed by atoms with E-state index in [2.05, 4.69) is 63.5 Å². The Hall–Kier alpha value is -7.56. The Morgan fingerprint density at radius 1 is 0.716 bits per heavy atom. The molecule has 10 amide bonds. The third kappa shape index (κ3) is 21.9. The second-order valence-corrected chi connectivity index (χ2v) is 23.3. The molecule has 1 saturated carbocycles. The van der Waals surface area contributed by atoms with Crippen molar-refractivity contribution in [3.05, 3.63) is 35.9 Å². The summed E-state index contributed by atoms with van der Waals surface area (Å²) in [4.78, 5) is 157. The van der Waals surface area contributed by atoms with Gasteiger partial charge in [-0.05, 0) is 88.7 Å². The van der Waals surface area contributed by atoms with Crippen LogP contribution in [0, 0.1) is 29.6 Å². The Bertz CT molecular complexity index is 2600. The van der Waals surface area contributed by atoms with Crippen molar-refractivity contribution in [2.24, 2.45) is 46.0 Å². The Kier molecular flexibility index (Phi) is 30.1. The van der Waals surface area contributed by atoms with Crippen LogP contribution in [0.3, 0.4) is 0 Å². The summed E-state index contributed by atoms with van der Waals surface area (Å²) >= 11 is 0. The van der Waals surface area contributed by atoms with Gasteiger partial charge in [0.25, 0.3) is 0 Å². The minimum Gasteiger partial charge on any atom is -0.458 e. The van der Waals surface area contributed by atoms with Crippen molar-refractivity contribution >= 4 is 71.0 Å². The van der Waals surface area contributed by atoms with Gasteiger partial charge in [0.2, 0.25) is 65.5 Å². The Balaban J connectivity index is 1.86. The van der Waals surface area contributed by atoms with Gasteiger partial charge in [0, 0.05) is 13.0 Å². The molecule has 1 aliphatic carbocycles. The first-order valence-electron chi connectivity index (χ1n) is 30.4. The number of ether oxygens (including phenoxy) is 1. The average Bonchev–Trinajstić information content (AvgIpc) is 1.59. The highest BCUT2D eigenvalue weighted by atomic mass is 19.3. The highest BCUT2D eigenvalue weighted by Crippen LogP contribution is 2.48. The van der Waals surface area contributed by atoms with Gasteiger partial charge in [-0.3, -0.25) is 52.9 Å². The van der Waals surface area contributed by atoms with Gasteiger partial charge in [-0.2, -0.15) is 0 Å². The number of carbonyl (C=O) groups is 11. The van der Waals surface area contributed by atoms with Crippen LogP contribution < -0.4 is 70.0 Å². The number of esters is 1. The molecule has 1 heterocycles. The number of guanidine groups is 1. The predicted molar refractivity (Wildman–Crippen MR) is 322 cm³/mol. The fraction of sp³-hybridized carbons (Fsp3) is 0.695. The number of aliphatic hydroxyl groups is 1. The van der Waals surface area contributed by atoms with Gasteiger partial charge in [-0.15, -0.1) is 0 Å². The molecule has 3 rings (SSSR count). The maximum atomic E-state index is 14.5. The van der Waals surface area contributed by atoms with Gasteiger partial charge in [0.05, 0.1) is 18.7 Å². The maximum Gasteiger partial charge on any atom is 0.329 e. The van der Waals surface area contributed by atoms with E-state index in [0.29, 0.717) is 25.7 Å². The summed E-state index contributed by atoms with van der Waals surface area (Å²) in [6, 6.07) is -3.08. The number of hydrogen-bond donors (Lipinski definition) is 14. The summed E-state index contributed by atoms with van der Waals surface area (Å²) in [5, 5.41) is 39.7. The maximum absolute atomic E-state index is 14.5. The number of likely N-dealkylation sites (N-methyl/N-ethyl adjacent to an activating group) is 1. The SMILES string of the molecule is CC[C@H](C)[C@H](NC(=O)[C@@H](Cc1ccccc1)NC)C(=O)NCC(=O)N[C@H](CCCN=C(N)N)C(=O)N[C@@H](C(=O)N[C@H](C(=O)N[C@H](C(=O)N[C@H]1C(=O)N[C@@H](C)C(=O)NC2(CC2CC(F)F)C(=O)N[C@@H]([C@@H](C)CC)C(=O)O[C@H]1C)[C@@H](C)O)[C@@H](C)CC)[C@@H](C)CC. The number of amides is 10. The zero-order valence-electron chi connectivity index (χ0n) is 52.7. The molecule has 2 aliphatic rings. The molecular weight excluding hydrogens is 1150 g/mol. The molecule has 16 N–H and O–H groups in total. The number of carbonyl (C=O) groups excluding carboxylic acids is 11. The number of nitrogens with zero attached hydrogens (tertiary/aromatic N) is 1. The zero-order chi connectivity index (χ0) is 66.3. The monoisotopic (exact) mass is 1250 g/mol. The van der Waals surface area contributed by atoms with E-state index in [-0.39, 0.29) is 44.1 Å². The minimum atomic E-state index is -2.82. The lowest BCUT2D eigenvalue weighted by atomic mass is 9.94. The van der Waals surface area contributed by atoms with Crippen LogP contribution in [0.25, 0.3) is 0 Å². The smallest absolute Gasteiger partial charge is 0.329 e. The van der Waals surface area contributed by atoms with Crippen molar-refractivity contribution in [3.63, 3.8) is 0 Å². The average molecular weight is 1250 g/mol. The van der Waals surface area contributed by atoms with E-state index in [1.807, 2.05) is 37.3 Å². The molecule has 0 bridgehead atoms. The van der Waals surface area contributed by atoms with Crippen molar-refractivity contribution < 1.29 is 71.4 Å². The summed E-state index contributed by atoms with van der Waals surface area (Å²) in [5.74, 6) is -13.2. The van der Waals surface area contributed by atoms with Crippen molar-refractivity contribution in [1.82, 2.24) is 58.5 Å². The predicted octanol–water partition coefficient (Wildman–Crippen LogP) is -1.07. The molecule has 1 saturated heterocycles. The topological polar surface area (TPSA) is 414 Å². The molecule has 1 aromatic rings. The largest absolute Gasteiger partial charge is 0.458 e. The molecule has 17 atom stereocenters. The molecule has 88 heavy (non-hydrogen) atoms. The first kappa shape index (κ1) is 74.7. The standard InChI is InChI=1S/C59H96F2N14O13/c1-13-29(5)42(69-50(80)39(64-12)25-36-21-18-17-19-22-36)51(81)66-28-41(77)68-38(23-20-24-65-58(62)63)49(79)70-43(30(6)14-2)52(82)71-44(31(7)15-3)53(83)72-46(34(10)76)54(84)73-47-35(11)88-56(86)45(32(8)16-4)74-57(87)59(27-37(59)26-40(60)61)75-48(78)33(9)67-55(47)85/h17-19,21-22,29-35,37-40,42-47,64,76H,13-16,20,23-28H2,1-12H3,(H,66,81)(H,67,85)(H,68,77)(H,69,80)(H,70,79)(H,71,82)(H,72,83)(H,73,84)(H,74,87)(H,75,78)(H4,62,63,65)/t29-,30-,31-,32-,33-,34+,35-,37?,38+,39+,42-,43+,44-,45-,46-,47+,59?/m0/s1. The third-order valence-corrected chi connectivity index (χ3v) is 16.6. The van der Waals surface area contributed by atoms with Crippen LogP contribution in [0.2, 0.25) is 0 Å². The quantitative estimate of drug-likeness (QED) is 0.0177. The van der Waals surface area contributed by atoms with Crippen molar-refractivity contribution in [2.45, 2.75) is 212 Å². The Labute approximate surface area is 513 Å². The van der Waals surface area contributed by atoms with E-state index in [1.165, 1.54) is 13.8 Å². The Morgan fingerprint density at radius 2 is 1.25 bits per heavy atom.